The van der Waals surface area contributed by atoms with Crippen LogP contribution in [0.3, 0.4) is 0 Å². The van der Waals surface area contributed by atoms with Gasteiger partial charge in [0.25, 0.3) is 0 Å². The fraction of sp³-hybridized carbons (Fsp3) is 0.617. The summed E-state index contributed by atoms with van der Waals surface area (Å²) >= 11 is 0. The van der Waals surface area contributed by atoms with Gasteiger partial charge in [0.05, 0.1) is 26.4 Å². The molecule has 4 N–H and O–H groups in total. The van der Waals surface area contributed by atoms with E-state index < -0.39 is 91.5 Å². The van der Waals surface area contributed by atoms with Crippen molar-refractivity contribution in [3.05, 3.63) is 170 Å². The second kappa shape index (κ2) is 72.7. The van der Waals surface area contributed by atoms with Gasteiger partial charge >= 0.3 is 33.6 Å². The van der Waals surface area contributed by atoms with Crippen molar-refractivity contribution in [3.63, 3.8) is 0 Å². The van der Waals surface area contributed by atoms with Crippen molar-refractivity contribution >= 4 is 33.6 Å². The highest BCUT2D eigenvalue weighted by molar-refractivity contribution is 7.47. The number of aliphatic hydroxyl groups is 2. The van der Waals surface area contributed by atoms with Gasteiger partial charge < -0.3 is 34.2 Å². The van der Waals surface area contributed by atoms with E-state index in [2.05, 4.69) is 191 Å². The van der Waals surface area contributed by atoms with E-state index in [0.717, 1.165) is 154 Å². The van der Waals surface area contributed by atoms with Gasteiger partial charge in [0.15, 0.2) is 6.10 Å². The third-order valence-electron chi connectivity index (χ3n) is 14.9. The largest absolute Gasteiger partial charge is 0.472 e. The lowest BCUT2D eigenvalue weighted by Crippen LogP contribution is -2.30. The first-order valence-electron chi connectivity index (χ1n) is 37.4. The first kappa shape index (κ1) is 93.9. The maximum atomic E-state index is 13.0. The van der Waals surface area contributed by atoms with Gasteiger partial charge in [-0.25, -0.2) is 9.13 Å². The number of rotatable bonds is 69. The van der Waals surface area contributed by atoms with Crippen LogP contribution in [0.2, 0.25) is 0 Å². The molecule has 0 aromatic heterocycles. The number of phosphoric ester groups is 2. The summed E-state index contributed by atoms with van der Waals surface area (Å²) in [6, 6.07) is 0. The Labute approximate surface area is 599 Å². The molecule has 0 saturated heterocycles. The van der Waals surface area contributed by atoms with Gasteiger partial charge in [0, 0.05) is 19.3 Å². The molecule has 0 amide bonds. The van der Waals surface area contributed by atoms with Gasteiger partial charge in [-0.3, -0.25) is 32.5 Å². The second-order valence-corrected chi connectivity index (χ2v) is 27.2. The molecular weight excluding hydrogens is 1290 g/mol. The summed E-state index contributed by atoms with van der Waals surface area (Å²) in [6.45, 7) is 2.31. The Morgan fingerprint density at radius 2 is 0.535 bits per heavy atom. The lowest BCUT2D eigenvalue weighted by atomic mass is 10.1. The van der Waals surface area contributed by atoms with Crippen LogP contribution in [-0.4, -0.2) is 95.9 Å². The van der Waals surface area contributed by atoms with Crippen LogP contribution < -0.4 is 0 Å². The van der Waals surface area contributed by atoms with E-state index in [4.69, 9.17) is 32.3 Å². The predicted octanol–water partition coefficient (Wildman–Crippen LogP) is 21.6. The highest BCUT2D eigenvalue weighted by Crippen LogP contribution is 2.45. The van der Waals surface area contributed by atoms with Crippen LogP contribution in [-0.2, 0) is 55.8 Å². The van der Waals surface area contributed by atoms with E-state index in [1.807, 2.05) is 0 Å². The summed E-state index contributed by atoms with van der Waals surface area (Å²) in [5.74, 6) is -1.67. The second-order valence-electron chi connectivity index (χ2n) is 24.3. The lowest BCUT2D eigenvalue weighted by molar-refractivity contribution is -0.161. The third-order valence-corrected chi connectivity index (χ3v) is 16.8. The first-order chi connectivity index (χ1) is 48.2. The molecular formula is C81H132O16P2. The van der Waals surface area contributed by atoms with Gasteiger partial charge in [-0.1, -0.05) is 262 Å². The van der Waals surface area contributed by atoms with E-state index >= 15 is 0 Å². The standard InChI is InChI=1S/C81H132O16P2/c1-4-7-10-13-16-19-22-25-28-31-33-35-36-37-38-40-42-44-46-49-52-55-58-61-64-67-79(84)91-70-76(82)71-93-98(87,88)94-72-77(83)73-95-99(89,90)96-75-78(97-81(86)69-66-63-60-57-54-51-48-43-30-27-24-21-18-15-12-9-6-3)74-92-80(85)68-65-62-59-56-53-50-47-45-41-39-34-32-29-26-23-20-17-14-11-8-5-2/h8-9,11-12,16-21,25-30,33-35,37-39,45,47-48,51,53,56,76-78,82-83H,4-7,10,13-15,22-24,31-32,36,40-44,46,49-50,52,54-55,57-75H2,1-3H3,(H,87,88)(H,89,90)/b11-8-,12-9-,19-16-,20-17-,21-18-,28-25-,29-26-,30-27-,35-33-,38-37-,39-34-,47-45-,51-48-,56-53-. The first-order valence-corrected chi connectivity index (χ1v) is 40.4. The molecule has 0 heterocycles. The molecule has 99 heavy (non-hydrogen) atoms. The number of phosphoric acid groups is 2. The molecule has 16 nitrogen and oxygen atoms in total. The monoisotopic (exact) mass is 1420 g/mol. The smallest absolute Gasteiger partial charge is 0.463 e. The highest BCUT2D eigenvalue weighted by Gasteiger charge is 2.29. The number of hydrogen-bond acceptors (Lipinski definition) is 14. The van der Waals surface area contributed by atoms with Gasteiger partial charge in [0.2, 0.25) is 0 Å². The van der Waals surface area contributed by atoms with E-state index in [-0.39, 0.29) is 19.3 Å². The summed E-state index contributed by atoms with van der Waals surface area (Å²) in [7, 11) is -9.82. The van der Waals surface area contributed by atoms with Crippen LogP contribution in [0.25, 0.3) is 0 Å². The molecule has 0 fully saturated rings. The van der Waals surface area contributed by atoms with Crippen molar-refractivity contribution in [2.75, 3.05) is 39.6 Å². The number of carbonyl (C=O) groups is 3. The number of esters is 3. The van der Waals surface area contributed by atoms with Crippen LogP contribution in [0.5, 0.6) is 0 Å². The molecule has 0 aliphatic carbocycles. The van der Waals surface area contributed by atoms with Crippen molar-refractivity contribution in [3.8, 4) is 0 Å². The summed E-state index contributed by atoms with van der Waals surface area (Å²) < 4.78 is 61.0. The molecule has 0 radical (unpaired) electrons. The van der Waals surface area contributed by atoms with Crippen LogP contribution >= 0.6 is 15.6 Å². The molecule has 0 bridgehead atoms. The zero-order valence-electron chi connectivity index (χ0n) is 61.1. The van der Waals surface area contributed by atoms with Crippen LogP contribution in [0.15, 0.2) is 170 Å². The maximum absolute atomic E-state index is 13.0. The van der Waals surface area contributed by atoms with Gasteiger partial charge in [-0.2, -0.15) is 0 Å². The van der Waals surface area contributed by atoms with Gasteiger partial charge in [0.1, 0.15) is 25.4 Å². The summed E-state index contributed by atoms with van der Waals surface area (Å²) in [5, 5.41) is 20.6. The van der Waals surface area contributed by atoms with Crippen molar-refractivity contribution in [1.29, 1.82) is 0 Å². The molecule has 0 aromatic carbocycles. The lowest BCUT2D eigenvalue weighted by Gasteiger charge is -2.21. The summed E-state index contributed by atoms with van der Waals surface area (Å²) in [5.41, 5.74) is 0. The van der Waals surface area contributed by atoms with Gasteiger partial charge in [-0.15, -0.1) is 0 Å². The van der Waals surface area contributed by atoms with Crippen molar-refractivity contribution in [2.24, 2.45) is 0 Å². The predicted molar refractivity (Wildman–Crippen MR) is 408 cm³/mol. The molecule has 5 atom stereocenters. The molecule has 18 heteroatoms. The molecule has 0 saturated carbocycles. The zero-order chi connectivity index (χ0) is 72.3. The number of hydrogen-bond donors (Lipinski definition) is 4. The Hall–Kier alpha value is -5.09. The van der Waals surface area contributed by atoms with Crippen LogP contribution in [0.1, 0.15) is 265 Å². The average molecular weight is 1420 g/mol. The zero-order valence-corrected chi connectivity index (χ0v) is 62.9. The molecule has 0 aromatic rings. The number of carbonyl (C=O) groups excluding carboxylic acids is 3. The fourth-order valence-corrected chi connectivity index (χ4v) is 10.8. The van der Waals surface area contributed by atoms with E-state index in [0.29, 0.717) is 19.3 Å². The average Bonchev–Trinajstić information content (AvgIpc) is 2.16. The molecule has 0 rings (SSSR count). The van der Waals surface area contributed by atoms with Crippen LogP contribution in [0, 0.1) is 0 Å². The Balaban J connectivity index is 4.72. The van der Waals surface area contributed by atoms with Crippen molar-refractivity contribution in [1.82, 2.24) is 0 Å². The Morgan fingerprint density at radius 1 is 0.293 bits per heavy atom. The molecule has 562 valence electrons. The van der Waals surface area contributed by atoms with Gasteiger partial charge in [-0.05, 0) is 154 Å². The minimum absolute atomic E-state index is 0.0594. The summed E-state index contributed by atoms with van der Waals surface area (Å²) in [4.78, 5) is 58.6. The summed E-state index contributed by atoms with van der Waals surface area (Å²) in [6.07, 6.45) is 91.1. The number of ether oxygens (including phenoxy) is 3. The number of allylic oxidation sites excluding steroid dienone is 28. The molecule has 0 aliphatic rings. The molecule has 0 spiro atoms. The Morgan fingerprint density at radius 3 is 0.869 bits per heavy atom. The van der Waals surface area contributed by atoms with Crippen LogP contribution in [0.4, 0.5) is 0 Å². The van der Waals surface area contributed by atoms with E-state index in [9.17, 15) is 43.5 Å². The van der Waals surface area contributed by atoms with E-state index in [1.54, 1.807) is 0 Å². The quantitative estimate of drug-likeness (QED) is 0.0146. The van der Waals surface area contributed by atoms with Crippen molar-refractivity contribution in [2.45, 2.75) is 283 Å². The minimum atomic E-state index is -4.95. The number of unbranched alkanes of at least 4 members (excludes halogenated alkanes) is 18. The topological polar surface area (TPSA) is 231 Å². The molecule has 0 aliphatic heterocycles. The highest BCUT2D eigenvalue weighted by atomic mass is 31.2. The van der Waals surface area contributed by atoms with E-state index in [1.165, 1.54) is 51.4 Å². The Bertz CT molecular complexity index is 2480. The fourth-order valence-electron chi connectivity index (χ4n) is 9.25. The normalized spacial score (nSPS) is 15.0. The SMILES string of the molecule is CC/C=C\C/C=C\C/C=C\C/C=C\C/C=C\C/C=C\CCCCC(=O)OCC(COP(=O)(O)OCC(O)COP(=O)(O)OCC(O)COC(=O)CCCCCCCCCCC/C=C\C/C=C\C/C=C\C/C=C\CCCCC)OC(=O)CCCCCC/C=C\C/C=C\C/C=C\C/C=C\CC. The number of aliphatic hydroxyl groups excluding tert-OH is 2. The maximum Gasteiger partial charge on any atom is 0.472 e. The Kier molecular flexibility index (Phi) is 69.0. The minimum Gasteiger partial charge on any atom is -0.463 e. The third kappa shape index (κ3) is 73.9. The molecule has 5 unspecified atom stereocenters. The van der Waals surface area contributed by atoms with Crippen molar-refractivity contribution < 1.29 is 75.8 Å².